The predicted molar refractivity (Wildman–Crippen MR) is 185 cm³/mol. The van der Waals surface area contributed by atoms with E-state index >= 15 is 0 Å². The van der Waals surface area contributed by atoms with Crippen LogP contribution in [0.1, 0.15) is 130 Å². The number of hydrogen-bond acceptors (Lipinski definition) is 2. The van der Waals surface area contributed by atoms with Crippen LogP contribution in [-0.2, 0) is 12.8 Å². The zero-order chi connectivity index (χ0) is 27.9. The smallest absolute Gasteiger partial charge is 0.0424 e. The Hall–Kier alpha value is 0.840. The van der Waals surface area contributed by atoms with Crippen LogP contribution >= 0.6 is 70.5 Å². The van der Waals surface area contributed by atoms with Crippen LogP contribution in [0, 0.1) is 17.8 Å². The van der Waals surface area contributed by atoms with Crippen molar-refractivity contribution in [3.63, 3.8) is 0 Å². The Morgan fingerprint density at radius 2 is 0.919 bits per heavy atom. The molecule has 0 aliphatic rings. The van der Waals surface area contributed by atoms with Crippen molar-refractivity contribution in [1.29, 1.82) is 0 Å². The molecule has 0 saturated heterocycles. The van der Waals surface area contributed by atoms with Gasteiger partial charge in [0.2, 0.25) is 0 Å². The maximum Gasteiger partial charge on any atom is 0.0424 e. The van der Waals surface area contributed by atoms with Crippen molar-refractivity contribution < 1.29 is 0 Å². The molecule has 0 radical (unpaired) electrons. The standard InChI is InChI=1S/C20H36S.C8H17Br.C4H2Br2S/c1-5-9-11-17(7-3)13-19-15-21-16-20(19)14-18(8-4)12-10-6-2;1-3-5-6-8(4-2)7-9;5-3-1-7-2-4(3)6/h15-18H,5-14H2,1-4H3;8H,3-7H2,1-2H3;1-2H. The minimum absolute atomic E-state index is 0.897. The van der Waals surface area contributed by atoms with Crippen LogP contribution in [0.3, 0.4) is 0 Å². The molecule has 0 spiro atoms. The maximum absolute atomic E-state index is 3.51. The fourth-order valence-electron chi connectivity index (χ4n) is 4.37. The SMILES string of the molecule is Brc1cscc1Br.CCCCC(CC)CBr.CCCCC(CC)Cc1cscc1CC(CC)CCCC. The molecule has 5 heteroatoms. The molecule has 2 rings (SSSR count). The van der Waals surface area contributed by atoms with Gasteiger partial charge in [-0.1, -0.05) is 128 Å². The van der Waals surface area contributed by atoms with Gasteiger partial charge in [-0.05, 0) is 90.8 Å². The minimum atomic E-state index is 0.897. The number of alkyl halides is 1. The van der Waals surface area contributed by atoms with E-state index in [9.17, 15) is 0 Å². The van der Waals surface area contributed by atoms with Crippen LogP contribution in [0.4, 0.5) is 0 Å². The molecule has 0 N–H and O–H groups in total. The van der Waals surface area contributed by atoms with Gasteiger partial charge in [-0.2, -0.15) is 22.7 Å². The topological polar surface area (TPSA) is 0 Å². The van der Waals surface area contributed by atoms with Crippen LogP contribution in [0.5, 0.6) is 0 Å². The quantitative estimate of drug-likeness (QED) is 0.142. The molecule has 0 amide bonds. The van der Waals surface area contributed by atoms with Gasteiger partial charge in [-0.25, -0.2) is 0 Å². The Balaban J connectivity index is 0.000000659. The maximum atomic E-state index is 3.51. The second-order valence-corrected chi connectivity index (χ2v) is 14.1. The van der Waals surface area contributed by atoms with E-state index in [0.717, 1.165) is 26.7 Å². The van der Waals surface area contributed by atoms with E-state index in [0.29, 0.717) is 0 Å². The zero-order valence-electron chi connectivity index (χ0n) is 24.6. The number of rotatable bonds is 17. The van der Waals surface area contributed by atoms with E-state index in [1.165, 1.54) is 95.2 Å². The average molecular weight is 744 g/mol. The van der Waals surface area contributed by atoms with Gasteiger partial charge in [0.05, 0.1) is 0 Å². The lowest BCUT2D eigenvalue weighted by Gasteiger charge is -2.18. The van der Waals surface area contributed by atoms with Gasteiger partial charge in [0.1, 0.15) is 0 Å². The number of unbranched alkanes of at least 4 members (excludes halogenated alkanes) is 3. The third-order valence-electron chi connectivity index (χ3n) is 7.27. The summed E-state index contributed by atoms with van der Waals surface area (Å²) in [6, 6.07) is 0. The molecule has 0 aliphatic carbocycles. The number of halogens is 3. The highest BCUT2D eigenvalue weighted by Gasteiger charge is 2.14. The van der Waals surface area contributed by atoms with Crippen molar-refractivity contribution in [2.75, 3.05) is 5.33 Å². The Kier molecular flexibility index (Phi) is 26.4. The first kappa shape index (κ1) is 37.8. The molecule has 2 aromatic heterocycles. The molecule has 216 valence electrons. The summed E-state index contributed by atoms with van der Waals surface area (Å²) in [7, 11) is 0. The molecule has 0 nitrogen and oxygen atoms in total. The Morgan fingerprint density at radius 1 is 0.568 bits per heavy atom. The molecular formula is C32H55Br3S2. The van der Waals surface area contributed by atoms with Crippen LogP contribution in [0.15, 0.2) is 30.5 Å². The van der Waals surface area contributed by atoms with Gasteiger partial charge in [0, 0.05) is 25.0 Å². The summed E-state index contributed by atoms with van der Waals surface area (Å²) in [5, 5.41) is 10.1. The molecule has 3 unspecified atom stereocenters. The van der Waals surface area contributed by atoms with Crippen molar-refractivity contribution in [3.8, 4) is 0 Å². The minimum Gasteiger partial charge on any atom is -0.152 e. The molecule has 0 bridgehead atoms. The highest BCUT2D eigenvalue weighted by molar-refractivity contribution is 9.13. The van der Waals surface area contributed by atoms with E-state index in [4.69, 9.17) is 0 Å². The summed E-state index contributed by atoms with van der Waals surface area (Å²) in [5.41, 5.74) is 3.33. The van der Waals surface area contributed by atoms with Gasteiger partial charge in [0.25, 0.3) is 0 Å². The number of thiophene rings is 2. The van der Waals surface area contributed by atoms with Crippen molar-refractivity contribution in [2.45, 2.75) is 131 Å². The van der Waals surface area contributed by atoms with E-state index < -0.39 is 0 Å². The van der Waals surface area contributed by atoms with Gasteiger partial charge < -0.3 is 0 Å². The second kappa shape index (κ2) is 25.8. The Labute approximate surface area is 264 Å². The van der Waals surface area contributed by atoms with Gasteiger partial charge in [-0.3, -0.25) is 0 Å². The zero-order valence-corrected chi connectivity index (χ0v) is 31.0. The van der Waals surface area contributed by atoms with Gasteiger partial charge >= 0.3 is 0 Å². The second-order valence-electron chi connectivity index (χ2n) is 10.3. The van der Waals surface area contributed by atoms with Crippen LogP contribution in [-0.4, -0.2) is 5.33 Å². The van der Waals surface area contributed by atoms with Gasteiger partial charge in [0.15, 0.2) is 0 Å². The Morgan fingerprint density at radius 3 is 1.19 bits per heavy atom. The van der Waals surface area contributed by atoms with Crippen LogP contribution < -0.4 is 0 Å². The van der Waals surface area contributed by atoms with E-state index in [1.54, 1.807) is 22.5 Å². The summed E-state index contributed by atoms with van der Waals surface area (Å²) < 4.78 is 2.27. The predicted octanol–water partition coefficient (Wildman–Crippen LogP) is 14.1. The monoisotopic (exact) mass is 740 g/mol. The van der Waals surface area contributed by atoms with E-state index in [1.807, 2.05) is 22.1 Å². The lowest BCUT2D eigenvalue weighted by Crippen LogP contribution is -2.08. The van der Waals surface area contributed by atoms with Crippen molar-refractivity contribution in [1.82, 2.24) is 0 Å². The molecule has 2 heterocycles. The lowest BCUT2D eigenvalue weighted by atomic mass is 9.87. The van der Waals surface area contributed by atoms with E-state index in [-0.39, 0.29) is 0 Å². The van der Waals surface area contributed by atoms with E-state index in [2.05, 4.69) is 100 Å². The van der Waals surface area contributed by atoms with Crippen LogP contribution in [0.25, 0.3) is 0 Å². The fraction of sp³-hybridized carbons (Fsp3) is 0.750. The molecule has 0 saturated carbocycles. The molecule has 2 aromatic rings. The highest BCUT2D eigenvalue weighted by Crippen LogP contribution is 2.28. The highest BCUT2D eigenvalue weighted by atomic mass is 79.9. The number of hydrogen-bond donors (Lipinski definition) is 0. The summed E-state index contributed by atoms with van der Waals surface area (Å²) in [4.78, 5) is 0. The first-order valence-corrected chi connectivity index (χ1v) is 19.5. The summed E-state index contributed by atoms with van der Waals surface area (Å²) >= 11 is 13.8. The fourth-order valence-corrected chi connectivity index (χ4v) is 7.78. The van der Waals surface area contributed by atoms with Crippen molar-refractivity contribution in [2.24, 2.45) is 17.8 Å². The lowest BCUT2D eigenvalue weighted by molar-refractivity contribution is 0.435. The molecule has 0 aromatic carbocycles. The Bertz CT molecular complexity index is 687. The third kappa shape index (κ3) is 18.7. The largest absolute Gasteiger partial charge is 0.152 e. The normalized spacial score (nSPS) is 13.2. The first-order chi connectivity index (χ1) is 17.9. The third-order valence-corrected chi connectivity index (χ3v) is 12.2. The molecule has 3 atom stereocenters. The molecule has 37 heavy (non-hydrogen) atoms. The average Bonchev–Trinajstić information content (AvgIpc) is 3.52. The van der Waals surface area contributed by atoms with Gasteiger partial charge in [-0.15, -0.1) is 0 Å². The first-order valence-electron chi connectivity index (χ1n) is 14.9. The summed E-state index contributed by atoms with van der Waals surface area (Å²) in [5.74, 6) is 2.72. The van der Waals surface area contributed by atoms with Crippen molar-refractivity contribution >= 4 is 70.5 Å². The molecule has 0 fully saturated rings. The summed E-state index contributed by atoms with van der Waals surface area (Å²) in [6.07, 6.45) is 19.0. The van der Waals surface area contributed by atoms with Crippen molar-refractivity contribution in [3.05, 3.63) is 41.6 Å². The van der Waals surface area contributed by atoms with Crippen LogP contribution in [0.2, 0.25) is 0 Å². The molecular weight excluding hydrogens is 688 g/mol. The summed E-state index contributed by atoms with van der Waals surface area (Å²) in [6.45, 7) is 13.9. The molecule has 0 aliphatic heterocycles.